The molecule has 26 heavy (non-hydrogen) atoms. The Morgan fingerprint density at radius 3 is 2.35 bits per heavy atom. The summed E-state index contributed by atoms with van der Waals surface area (Å²) in [5.74, 6) is 0.193. The minimum Gasteiger partial charge on any atom is -0.428 e. The highest BCUT2D eigenvalue weighted by atomic mass is 19.3. The highest BCUT2D eigenvalue weighted by Gasteiger charge is 2.45. The number of hydrogen-bond acceptors (Lipinski definition) is 3. The van der Waals surface area contributed by atoms with E-state index in [9.17, 15) is 17.6 Å². The van der Waals surface area contributed by atoms with Gasteiger partial charge in [0, 0.05) is 37.8 Å². The molecule has 1 atom stereocenters. The lowest BCUT2D eigenvalue weighted by Crippen LogP contribution is -2.47. The molecule has 2 fully saturated rings. The fourth-order valence-corrected chi connectivity index (χ4v) is 4.17. The van der Waals surface area contributed by atoms with Crippen LogP contribution in [0.4, 0.5) is 17.6 Å². The van der Waals surface area contributed by atoms with Crippen molar-refractivity contribution in [3.63, 3.8) is 0 Å². The second kappa shape index (κ2) is 8.57. The maximum atomic E-state index is 13.6. The lowest BCUT2D eigenvalue weighted by atomic mass is 9.80. The Balaban J connectivity index is 1.92. The summed E-state index contributed by atoms with van der Waals surface area (Å²) in [6.45, 7) is 3.28. The summed E-state index contributed by atoms with van der Waals surface area (Å²) < 4.78 is 57.0. The summed E-state index contributed by atoms with van der Waals surface area (Å²) in [4.78, 5) is 2.29. The molecule has 1 aromatic carbocycles. The summed E-state index contributed by atoms with van der Waals surface area (Å²) in [6.07, 6.45) is -2.89. The zero-order valence-electron chi connectivity index (χ0n) is 14.8. The molecule has 1 saturated carbocycles. The van der Waals surface area contributed by atoms with E-state index in [0.717, 1.165) is 51.9 Å². The maximum Gasteiger partial charge on any atom is 0.461 e. The first-order valence-corrected chi connectivity index (χ1v) is 9.37. The van der Waals surface area contributed by atoms with Gasteiger partial charge in [-0.25, -0.2) is 0 Å². The number of para-hydroxylation sites is 1. The third-order valence-corrected chi connectivity index (χ3v) is 5.38. The summed E-state index contributed by atoms with van der Waals surface area (Å²) >= 11 is 0. The van der Waals surface area contributed by atoms with Gasteiger partial charge in [0.1, 0.15) is 5.75 Å². The molecule has 1 aliphatic heterocycles. The summed E-state index contributed by atoms with van der Waals surface area (Å²) in [7, 11) is 0. The summed E-state index contributed by atoms with van der Waals surface area (Å²) in [5.41, 5.74) is 0.599. The van der Waals surface area contributed by atoms with E-state index in [1.54, 1.807) is 18.2 Å². The number of nitrogens with one attached hydrogen (secondary N) is 1. The Kier molecular flexibility index (Phi) is 6.40. The molecule has 0 spiro atoms. The van der Waals surface area contributed by atoms with Gasteiger partial charge in [0.25, 0.3) is 0 Å². The number of ether oxygens (including phenoxy) is 1. The van der Waals surface area contributed by atoms with Crippen LogP contribution in [0.15, 0.2) is 24.3 Å². The Labute approximate surface area is 151 Å². The van der Waals surface area contributed by atoms with E-state index < -0.39 is 12.5 Å². The number of alkyl halides is 4. The molecule has 7 heteroatoms. The van der Waals surface area contributed by atoms with Gasteiger partial charge in [-0.3, -0.25) is 4.90 Å². The topological polar surface area (TPSA) is 24.5 Å². The van der Waals surface area contributed by atoms with E-state index in [1.165, 1.54) is 12.5 Å². The SMILES string of the molecule is FC(F)C(F)(F)Oc1ccccc1[C@@H](C1CCCCC1)N1CCNCC1. The fourth-order valence-electron chi connectivity index (χ4n) is 4.17. The maximum absolute atomic E-state index is 13.6. The third kappa shape index (κ3) is 4.49. The molecule has 2 aliphatic rings. The van der Waals surface area contributed by atoms with Gasteiger partial charge in [-0.05, 0) is 24.8 Å². The van der Waals surface area contributed by atoms with Crippen LogP contribution >= 0.6 is 0 Å². The molecular formula is C19H26F4N2O. The van der Waals surface area contributed by atoms with Crippen LogP contribution in [-0.2, 0) is 0 Å². The predicted octanol–water partition coefficient (Wildman–Crippen LogP) is 4.45. The molecule has 0 aromatic heterocycles. The highest BCUT2D eigenvalue weighted by molar-refractivity contribution is 5.37. The minimum absolute atomic E-state index is 0.0814. The van der Waals surface area contributed by atoms with Gasteiger partial charge in [-0.15, -0.1) is 0 Å². The number of halogens is 4. The number of hydrogen-bond donors (Lipinski definition) is 1. The monoisotopic (exact) mass is 374 g/mol. The van der Waals surface area contributed by atoms with Crippen molar-refractivity contribution in [1.29, 1.82) is 0 Å². The molecule has 0 amide bonds. The van der Waals surface area contributed by atoms with Crippen molar-refractivity contribution in [2.75, 3.05) is 26.2 Å². The molecule has 0 unspecified atom stereocenters. The van der Waals surface area contributed by atoms with E-state index in [4.69, 9.17) is 0 Å². The quantitative estimate of drug-likeness (QED) is 0.745. The molecular weight excluding hydrogens is 348 g/mol. The number of nitrogens with zero attached hydrogens (tertiary/aromatic N) is 1. The molecule has 1 heterocycles. The van der Waals surface area contributed by atoms with Crippen LogP contribution in [0.1, 0.15) is 43.7 Å². The van der Waals surface area contributed by atoms with Crippen LogP contribution in [0.2, 0.25) is 0 Å². The Morgan fingerprint density at radius 2 is 1.69 bits per heavy atom. The molecule has 0 radical (unpaired) electrons. The van der Waals surface area contributed by atoms with E-state index in [-0.39, 0.29) is 11.8 Å². The van der Waals surface area contributed by atoms with Crippen LogP contribution in [0.25, 0.3) is 0 Å². The molecule has 0 bridgehead atoms. The van der Waals surface area contributed by atoms with Crippen molar-refractivity contribution < 1.29 is 22.3 Å². The van der Waals surface area contributed by atoms with Gasteiger partial charge in [0.15, 0.2) is 0 Å². The second-order valence-electron chi connectivity index (χ2n) is 7.13. The van der Waals surface area contributed by atoms with Crippen LogP contribution in [-0.4, -0.2) is 43.6 Å². The molecule has 3 rings (SSSR count). The van der Waals surface area contributed by atoms with Crippen LogP contribution in [0.3, 0.4) is 0 Å². The largest absolute Gasteiger partial charge is 0.461 e. The van der Waals surface area contributed by atoms with Gasteiger partial charge in [-0.2, -0.15) is 17.6 Å². The Bertz CT molecular complexity index is 554. The van der Waals surface area contributed by atoms with Gasteiger partial charge < -0.3 is 10.1 Å². The van der Waals surface area contributed by atoms with Crippen LogP contribution in [0.5, 0.6) is 5.75 Å². The standard InChI is InChI=1S/C19H26F4N2O/c20-18(21)19(22,23)26-16-9-5-4-8-15(16)17(14-6-2-1-3-7-14)25-12-10-24-11-13-25/h4-5,8-9,14,17-18,24H,1-3,6-7,10-13H2/t17-/m1/s1. The van der Waals surface area contributed by atoms with Gasteiger partial charge in [0.05, 0.1) is 0 Å². The summed E-state index contributed by atoms with van der Waals surface area (Å²) in [5, 5.41) is 3.30. The fraction of sp³-hybridized carbons (Fsp3) is 0.684. The Morgan fingerprint density at radius 1 is 1.04 bits per heavy atom. The average Bonchev–Trinajstić information content (AvgIpc) is 2.65. The predicted molar refractivity (Wildman–Crippen MR) is 91.8 cm³/mol. The molecule has 1 saturated heterocycles. The average molecular weight is 374 g/mol. The van der Waals surface area contributed by atoms with Crippen molar-refractivity contribution in [1.82, 2.24) is 10.2 Å². The molecule has 1 N–H and O–H groups in total. The first-order valence-electron chi connectivity index (χ1n) is 9.37. The smallest absolute Gasteiger partial charge is 0.428 e. The van der Waals surface area contributed by atoms with Gasteiger partial charge >= 0.3 is 12.5 Å². The first-order chi connectivity index (χ1) is 12.5. The molecule has 1 aliphatic carbocycles. The molecule has 1 aromatic rings. The Hall–Kier alpha value is -1.34. The molecule has 146 valence electrons. The van der Waals surface area contributed by atoms with E-state index in [0.29, 0.717) is 11.5 Å². The molecule has 3 nitrogen and oxygen atoms in total. The van der Waals surface area contributed by atoms with Crippen molar-refractivity contribution in [2.45, 2.75) is 50.7 Å². The van der Waals surface area contributed by atoms with Crippen molar-refractivity contribution in [3.05, 3.63) is 29.8 Å². The first kappa shape index (κ1) is 19.4. The van der Waals surface area contributed by atoms with E-state index in [2.05, 4.69) is 15.0 Å². The van der Waals surface area contributed by atoms with Crippen LogP contribution < -0.4 is 10.1 Å². The van der Waals surface area contributed by atoms with Gasteiger partial charge in [0.2, 0.25) is 0 Å². The number of benzene rings is 1. The van der Waals surface area contributed by atoms with Crippen molar-refractivity contribution >= 4 is 0 Å². The number of rotatable bonds is 6. The summed E-state index contributed by atoms with van der Waals surface area (Å²) in [6, 6.07) is 6.36. The zero-order valence-corrected chi connectivity index (χ0v) is 14.8. The third-order valence-electron chi connectivity index (χ3n) is 5.38. The lowest BCUT2D eigenvalue weighted by Gasteiger charge is -2.41. The van der Waals surface area contributed by atoms with E-state index >= 15 is 0 Å². The number of piperazine rings is 1. The second-order valence-corrected chi connectivity index (χ2v) is 7.13. The van der Waals surface area contributed by atoms with Gasteiger partial charge in [-0.1, -0.05) is 37.5 Å². The minimum atomic E-state index is -4.49. The zero-order chi connectivity index (χ0) is 18.6. The lowest BCUT2D eigenvalue weighted by molar-refractivity contribution is -0.253. The van der Waals surface area contributed by atoms with E-state index in [1.807, 2.05) is 0 Å². The van der Waals surface area contributed by atoms with Crippen molar-refractivity contribution in [2.24, 2.45) is 5.92 Å². The highest BCUT2D eigenvalue weighted by Crippen LogP contribution is 2.43. The normalized spacial score (nSPS) is 21.7. The van der Waals surface area contributed by atoms with Crippen molar-refractivity contribution in [3.8, 4) is 5.75 Å². The van der Waals surface area contributed by atoms with Crippen LogP contribution in [0, 0.1) is 5.92 Å².